The number of ether oxygens (including phenoxy) is 3. The van der Waals surface area contributed by atoms with Gasteiger partial charge in [0, 0.05) is 22.3 Å². The van der Waals surface area contributed by atoms with Crippen molar-refractivity contribution >= 4 is 17.9 Å². The molecule has 0 radical (unpaired) electrons. The maximum Gasteiger partial charge on any atom is 0.338 e. The van der Waals surface area contributed by atoms with Crippen molar-refractivity contribution in [1.29, 1.82) is 0 Å². The Bertz CT molecular complexity index is 1430. The summed E-state index contributed by atoms with van der Waals surface area (Å²) in [6.45, 7) is 15.1. The molecule has 0 aromatic heterocycles. The van der Waals surface area contributed by atoms with E-state index < -0.39 is 23.7 Å². The standard InChI is InChI=1S/C30H25FO6/c1-17(2)28(32)35-23-11-7-20(8-12-23)24-13-9-21(15-25(24)31)22-10-14-26(36-29(33)18(3)4)27(16-22)37-30(34)19(5)6/h7-16H,1,3,5H2,2,4,6H3. The summed E-state index contributed by atoms with van der Waals surface area (Å²) in [7, 11) is 0. The molecule has 0 bridgehead atoms. The summed E-state index contributed by atoms with van der Waals surface area (Å²) in [6.07, 6.45) is 0. The molecular formula is C30H25FO6. The number of benzene rings is 3. The van der Waals surface area contributed by atoms with E-state index in [0.29, 0.717) is 28.0 Å². The second-order valence-corrected chi connectivity index (χ2v) is 8.39. The molecule has 0 heterocycles. The summed E-state index contributed by atoms with van der Waals surface area (Å²) in [5, 5.41) is 0. The van der Waals surface area contributed by atoms with Crippen LogP contribution in [0.15, 0.2) is 97.1 Å². The van der Waals surface area contributed by atoms with Crippen LogP contribution in [0.4, 0.5) is 4.39 Å². The number of carbonyl (C=O) groups excluding carboxylic acids is 3. The minimum absolute atomic E-state index is 0.0101. The number of hydrogen-bond acceptors (Lipinski definition) is 6. The van der Waals surface area contributed by atoms with Crippen LogP contribution in [0.25, 0.3) is 22.3 Å². The van der Waals surface area contributed by atoms with Crippen LogP contribution in [0.2, 0.25) is 0 Å². The fraction of sp³-hybridized carbons (Fsp3) is 0.100. The third-order valence-corrected chi connectivity index (χ3v) is 5.07. The van der Waals surface area contributed by atoms with Gasteiger partial charge in [0.1, 0.15) is 11.6 Å². The SMILES string of the molecule is C=C(C)C(=O)Oc1ccc(-c2ccc(-c3ccc(OC(=O)C(=C)C)c(OC(=O)C(=C)C)c3)cc2F)cc1. The van der Waals surface area contributed by atoms with Gasteiger partial charge in [-0.3, -0.25) is 0 Å². The fourth-order valence-electron chi connectivity index (χ4n) is 3.05. The Morgan fingerprint density at radius 1 is 0.595 bits per heavy atom. The van der Waals surface area contributed by atoms with E-state index in [1.807, 2.05) is 0 Å². The molecule has 0 atom stereocenters. The Labute approximate surface area is 214 Å². The first-order valence-electron chi connectivity index (χ1n) is 11.1. The zero-order chi connectivity index (χ0) is 27.3. The molecule has 0 saturated carbocycles. The second kappa shape index (κ2) is 11.3. The van der Waals surface area contributed by atoms with E-state index in [1.165, 1.54) is 32.0 Å². The van der Waals surface area contributed by atoms with E-state index in [9.17, 15) is 14.4 Å². The molecule has 0 fully saturated rings. The maximum absolute atomic E-state index is 15.1. The molecule has 0 aliphatic heterocycles. The molecular weight excluding hydrogens is 475 g/mol. The van der Waals surface area contributed by atoms with Crippen LogP contribution in [0.1, 0.15) is 20.8 Å². The average molecular weight is 501 g/mol. The quantitative estimate of drug-likeness (QED) is 0.197. The topological polar surface area (TPSA) is 78.9 Å². The first-order chi connectivity index (χ1) is 17.5. The van der Waals surface area contributed by atoms with Gasteiger partial charge in [0.25, 0.3) is 0 Å². The summed E-state index contributed by atoms with van der Waals surface area (Å²) in [5.74, 6) is -2.13. The first kappa shape index (κ1) is 26.8. The predicted octanol–water partition coefficient (Wildman–Crippen LogP) is 6.60. The minimum Gasteiger partial charge on any atom is -0.423 e. The van der Waals surface area contributed by atoms with Gasteiger partial charge in [-0.1, -0.05) is 50.1 Å². The van der Waals surface area contributed by atoms with E-state index in [-0.39, 0.29) is 28.2 Å². The first-order valence-corrected chi connectivity index (χ1v) is 11.1. The molecule has 0 saturated heterocycles. The van der Waals surface area contributed by atoms with Gasteiger partial charge in [-0.2, -0.15) is 0 Å². The van der Waals surface area contributed by atoms with Crippen LogP contribution < -0.4 is 14.2 Å². The van der Waals surface area contributed by atoms with Crippen LogP contribution in [0.3, 0.4) is 0 Å². The number of carbonyl (C=O) groups is 3. The van der Waals surface area contributed by atoms with Crippen molar-refractivity contribution in [2.45, 2.75) is 20.8 Å². The monoisotopic (exact) mass is 500 g/mol. The van der Waals surface area contributed by atoms with Gasteiger partial charge in [-0.05, 0) is 67.8 Å². The largest absolute Gasteiger partial charge is 0.423 e. The van der Waals surface area contributed by atoms with Crippen molar-refractivity contribution in [3.8, 4) is 39.5 Å². The van der Waals surface area contributed by atoms with E-state index in [0.717, 1.165) is 0 Å². The smallest absolute Gasteiger partial charge is 0.338 e. The summed E-state index contributed by atoms with van der Waals surface area (Å²) >= 11 is 0. The lowest BCUT2D eigenvalue weighted by Gasteiger charge is -2.13. The number of esters is 3. The molecule has 7 heteroatoms. The zero-order valence-corrected chi connectivity index (χ0v) is 20.7. The third-order valence-electron chi connectivity index (χ3n) is 5.07. The van der Waals surface area contributed by atoms with Gasteiger partial charge in [0.15, 0.2) is 11.5 Å². The minimum atomic E-state index is -0.705. The molecule has 0 amide bonds. The molecule has 3 aromatic rings. The van der Waals surface area contributed by atoms with Crippen molar-refractivity contribution < 1.29 is 33.0 Å². The Morgan fingerprint density at radius 2 is 1.05 bits per heavy atom. The van der Waals surface area contributed by atoms with Crippen LogP contribution in [0, 0.1) is 5.82 Å². The van der Waals surface area contributed by atoms with Crippen molar-refractivity contribution in [3.63, 3.8) is 0 Å². The third kappa shape index (κ3) is 6.67. The number of rotatable bonds is 8. The highest BCUT2D eigenvalue weighted by molar-refractivity contribution is 5.91. The molecule has 6 nitrogen and oxygen atoms in total. The molecule has 0 unspecified atom stereocenters. The Morgan fingerprint density at radius 3 is 1.59 bits per heavy atom. The fourth-order valence-corrected chi connectivity index (χ4v) is 3.05. The lowest BCUT2D eigenvalue weighted by Crippen LogP contribution is -2.12. The lowest BCUT2D eigenvalue weighted by atomic mass is 9.99. The molecule has 0 aliphatic rings. The van der Waals surface area contributed by atoms with Crippen LogP contribution in [0.5, 0.6) is 17.2 Å². The van der Waals surface area contributed by atoms with Crippen molar-refractivity contribution in [2.75, 3.05) is 0 Å². The van der Waals surface area contributed by atoms with Crippen molar-refractivity contribution in [2.24, 2.45) is 0 Å². The molecule has 0 aliphatic carbocycles. The van der Waals surface area contributed by atoms with Crippen LogP contribution >= 0.6 is 0 Å². The van der Waals surface area contributed by atoms with Gasteiger partial charge in [0.2, 0.25) is 0 Å². The van der Waals surface area contributed by atoms with Gasteiger partial charge < -0.3 is 14.2 Å². The Hall–Kier alpha value is -4.78. The summed E-state index contributed by atoms with van der Waals surface area (Å²) in [5.41, 5.74) is 2.52. The molecule has 0 N–H and O–H groups in total. The number of hydrogen-bond donors (Lipinski definition) is 0. The van der Waals surface area contributed by atoms with Crippen LogP contribution in [-0.4, -0.2) is 17.9 Å². The molecule has 0 spiro atoms. The number of halogens is 1. The maximum atomic E-state index is 15.1. The highest BCUT2D eigenvalue weighted by Crippen LogP contribution is 2.35. The van der Waals surface area contributed by atoms with E-state index in [2.05, 4.69) is 19.7 Å². The van der Waals surface area contributed by atoms with Gasteiger partial charge >= 0.3 is 17.9 Å². The van der Waals surface area contributed by atoms with Gasteiger partial charge in [-0.15, -0.1) is 0 Å². The van der Waals surface area contributed by atoms with E-state index in [4.69, 9.17) is 14.2 Å². The average Bonchev–Trinajstić information content (AvgIpc) is 2.85. The Balaban J connectivity index is 1.91. The molecule has 37 heavy (non-hydrogen) atoms. The lowest BCUT2D eigenvalue weighted by molar-refractivity contribution is -0.132. The summed E-state index contributed by atoms with van der Waals surface area (Å²) in [4.78, 5) is 35.8. The second-order valence-electron chi connectivity index (χ2n) is 8.39. The predicted molar refractivity (Wildman–Crippen MR) is 139 cm³/mol. The molecule has 188 valence electrons. The summed E-state index contributed by atoms with van der Waals surface area (Å²) < 4.78 is 30.9. The molecule has 3 aromatic carbocycles. The van der Waals surface area contributed by atoms with Gasteiger partial charge in [-0.25, -0.2) is 18.8 Å². The normalized spacial score (nSPS) is 10.3. The van der Waals surface area contributed by atoms with Crippen LogP contribution in [-0.2, 0) is 14.4 Å². The highest BCUT2D eigenvalue weighted by Gasteiger charge is 2.17. The summed E-state index contributed by atoms with van der Waals surface area (Å²) in [6, 6.07) is 15.6. The zero-order valence-electron chi connectivity index (χ0n) is 20.7. The Kier molecular flexibility index (Phi) is 8.19. The van der Waals surface area contributed by atoms with Crippen molar-refractivity contribution in [3.05, 3.63) is 103 Å². The van der Waals surface area contributed by atoms with E-state index >= 15 is 4.39 Å². The highest BCUT2D eigenvalue weighted by atomic mass is 19.1. The molecule has 3 rings (SSSR count). The van der Waals surface area contributed by atoms with Crippen molar-refractivity contribution in [1.82, 2.24) is 0 Å². The van der Waals surface area contributed by atoms with E-state index in [1.54, 1.807) is 49.4 Å². The van der Waals surface area contributed by atoms with Gasteiger partial charge in [0.05, 0.1) is 0 Å².